The molecular formula is C19H18ClN5O3. The second kappa shape index (κ2) is 9.09. The molecule has 0 fully saturated rings. The maximum Gasteiger partial charge on any atom is 0.307 e. The minimum atomic E-state index is -0.634. The molecule has 0 saturated carbocycles. The van der Waals surface area contributed by atoms with Gasteiger partial charge in [-0.3, -0.25) is 9.59 Å². The van der Waals surface area contributed by atoms with E-state index in [1.54, 1.807) is 24.3 Å². The lowest BCUT2D eigenvalue weighted by Gasteiger charge is -2.19. The minimum Gasteiger partial charge on any atom is -0.469 e. The second-order valence-corrected chi connectivity index (χ2v) is 6.34. The van der Waals surface area contributed by atoms with E-state index in [1.165, 1.54) is 11.9 Å². The zero-order valence-corrected chi connectivity index (χ0v) is 15.8. The maximum absolute atomic E-state index is 12.5. The van der Waals surface area contributed by atoms with Crippen molar-refractivity contribution < 1.29 is 14.3 Å². The van der Waals surface area contributed by atoms with Crippen LogP contribution in [0.15, 0.2) is 54.6 Å². The Morgan fingerprint density at radius 1 is 1.14 bits per heavy atom. The predicted octanol–water partition coefficient (Wildman–Crippen LogP) is 2.41. The molecule has 0 aliphatic rings. The van der Waals surface area contributed by atoms with Crippen LogP contribution in [0.5, 0.6) is 0 Å². The van der Waals surface area contributed by atoms with Gasteiger partial charge in [0.25, 0.3) is 0 Å². The average molecular weight is 400 g/mol. The summed E-state index contributed by atoms with van der Waals surface area (Å²) in [6.45, 7) is -0.151. The fourth-order valence-corrected chi connectivity index (χ4v) is 2.90. The van der Waals surface area contributed by atoms with Gasteiger partial charge < -0.3 is 10.1 Å². The van der Waals surface area contributed by atoms with Crippen LogP contribution in [-0.2, 0) is 20.9 Å². The third-order valence-electron chi connectivity index (χ3n) is 3.98. The smallest absolute Gasteiger partial charge is 0.307 e. The summed E-state index contributed by atoms with van der Waals surface area (Å²) >= 11 is 6.22. The number of methoxy groups -OCH3 is 1. The van der Waals surface area contributed by atoms with Crippen LogP contribution >= 0.6 is 11.6 Å². The van der Waals surface area contributed by atoms with E-state index in [1.807, 2.05) is 30.3 Å². The van der Waals surface area contributed by atoms with Crippen molar-refractivity contribution in [2.24, 2.45) is 0 Å². The first-order chi connectivity index (χ1) is 13.6. The molecule has 3 aromatic rings. The molecule has 1 aromatic heterocycles. The summed E-state index contributed by atoms with van der Waals surface area (Å²) in [7, 11) is 1.29. The van der Waals surface area contributed by atoms with Gasteiger partial charge in [0, 0.05) is 10.6 Å². The van der Waals surface area contributed by atoms with Crippen LogP contribution in [-0.4, -0.2) is 39.2 Å². The van der Waals surface area contributed by atoms with E-state index >= 15 is 0 Å². The van der Waals surface area contributed by atoms with E-state index in [9.17, 15) is 9.59 Å². The second-order valence-electron chi connectivity index (χ2n) is 5.93. The lowest BCUT2D eigenvalue weighted by molar-refractivity contribution is -0.141. The molecule has 0 bridgehead atoms. The molecule has 9 heteroatoms. The Bertz CT molecular complexity index is 961. The highest BCUT2D eigenvalue weighted by Gasteiger charge is 2.21. The summed E-state index contributed by atoms with van der Waals surface area (Å²) in [6.07, 6.45) is -0.0496. The van der Waals surface area contributed by atoms with E-state index < -0.39 is 12.0 Å². The number of rotatable bonds is 7. The molecule has 1 unspecified atom stereocenters. The molecule has 144 valence electrons. The fourth-order valence-electron chi connectivity index (χ4n) is 2.63. The van der Waals surface area contributed by atoms with Gasteiger partial charge in [0.1, 0.15) is 6.54 Å². The Hall–Kier alpha value is -3.26. The highest BCUT2D eigenvalue weighted by Crippen LogP contribution is 2.25. The standard InChI is InChI=1S/C19H18ClN5O3/c1-28-18(27)11-16(14-9-5-6-10-15(14)20)21-17(26)12-25-23-19(22-24-25)13-7-3-2-4-8-13/h2-10,16H,11-12H2,1H3,(H,21,26). The first-order valence-electron chi connectivity index (χ1n) is 8.50. The van der Waals surface area contributed by atoms with Crippen LogP contribution in [0.2, 0.25) is 5.02 Å². The van der Waals surface area contributed by atoms with Gasteiger partial charge in [-0.05, 0) is 16.8 Å². The lowest BCUT2D eigenvalue weighted by Crippen LogP contribution is -2.33. The number of carbonyl (C=O) groups is 2. The van der Waals surface area contributed by atoms with Crippen molar-refractivity contribution in [3.05, 3.63) is 65.2 Å². The van der Waals surface area contributed by atoms with Gasteiger partial charge in [0.15, 0.2) is 0 Å². The SMILES string of the molecule is COC(=O)CC(NC(=O)Cn1nnc(-c2ccccc2)n1)c1ccccc1Cl. The Balaban J connectivity index is 1.71. The Labute approximate surface area is 166 Å². The van der Waals surface area contributed by atoms with Gasteiger partial charge in [0.2, 0.25) is 11.7 Å². The Morgan fingerprint density at radius 3 is 2.57 bits per heavy atom. The van der Waals surface area contributed by atoms with Crippen LogP contribution < -0.4 is 5.32 Å². The van der Waals surface area contributed by atoms with Crippen LogP contribution in [0.3, 0.4) is 0 Å². The number of tetrazole rings is 1. The molecular weight excluding hydrogens is 382 g/mol. The number of hydrogen-bond donors (Lipinski definition) is 1. The third kappa shape index (κ3) is 4.92. The number of esters is 1. The first kappa shape index (κ1) is 19.5. The predicted molar refractivity (Wildman–Crippen MR) is 102 cm³/mol. The molecule has 2 aromatic carbocycles. The molecule has 28 heavy (non-hydrogen) atoms. The van der Waals surface area contributed by atoms with Crippen molar-refractivity contribution >= 4 is 23.5 Å². The molecule has 3 rings (SSSR count). The van der Waals surface area contributed by atoms with Gasteiger partial charge in [-0.25, -0.2) is 0 Å². The summed E-state index contributed by atoms with van der Waals surface area (Å²) in [6, 6.07) is 15.7. The molecule has 0 aliphatic heterocycles. The van der Waals surface area contributed by atoms with Crippen molar-refractivity contribution in [1.82, 2.24) is 25.5 Å². The van der Waals surface area contributed by atoms with Crippen molar-refractivity contribution in [2.45, 2.75) is 19.0 Å². The summed E-state index contributed by atoms with van der Waals surface area (Å²) < 4.78 is 4.72. The zero-order chi connectivity index (χ0) is 19.9. The largest absolute Gasteiger partial charge is 0.469 e. The number of halogens is 1. The number of hydrogen-bond acceptors (Lipinski definition) is 6. The van der Waals surface area contributed by atoms with E-state index in [4.69, 9.17) is 16.3 Å². The van der Waals surface area contributed by atoms with Gasteiger partial charge in [-0.2, -0.15) is 4.80 Å². The summed E-state index contributed by atoms with van der Waals surface area (Å²) in [5, 5.41) is 15.3. The van der Waals surface area contributed by atoms with E-state index in [2.05, 4.69) is 20.7 Å². The zero-order valence-electron chi connectivity index (χ0n) is 15.1. The van der Waals surface area contributed by atoms with Crippen molar-refractivity contribution in [2.75, 3.05) is 7.11 Å². The van der Waals surface area contributed by atoms with Crippen molar-refractivity contribution in [1.29, 1.82) is 0 Å². The number of carbonyl (C=O) groups excluding carboxylic acids is 2. The number of nitrogens with zero attached hydrogens (tertiary/aromatic N) is 4. The molecule has 1 amide bonds. The maximum atomic E-state index is 12.5. The number of ether oxygens (including phenoxy) is 1. The van der Waals surface area contributed by atoms with E-state index in [0.29, 0.717) is 16.4 Å². The van der Waals surface area contributed by atoms with Gasteiger partial charge >= 0.3 is 5.97 Å². The number of aromatic nitrogens is 4. The van der Waals surface area contributed by atoms with Gasteiger partial charge in [0.05, 0.1) is 19.6 Å². The quantitative estimate of drug-likeness (QED) is 0.612. The van der Waals surface area contributed by atoms with E-state index in [-0.39, 0.29) is 18.9 Å². The van der Waals surface area contributed by atoms with Crippen LogP contribution in [0.4, 0.5) is 0 Å². The molecule has 0 saturated heterocycles. The van der Waals surface area contributed by atoms with Crippen LogP contribution in [0.25, 0.3) is 11.4 Å². The van der Waals surface area contributed by atoms with Gasteiger partial charge in [-0.1, -0.05) is 60.1 Å². The van der Waals surface area contributed by atoms with Gasteiger partial charge in [-0.15, -0.1) is 10.2 Å². The Kier molecular flexibility index (Phi) is 6.33. The van der Waals surface area contributed by atoms with Crippen LogP contribution in [0, 0.1) is 0 Å². The van der Waals surface area contributed by atoms with Crippen LogP contribution in [0.1, 0.15) is 18.0 Å². The highest BCUT2D eigenvalue weighted by molar-refractivity contribution is 6.31. The fraction of sp³-hybridized carbons (Fsp3) is 0.211. The number of amides is 1. The molecule has 1 atom stereocenters. The Morgan fingerprint density at radius 2 is 1.86 bits per heavy atom. The first-order valence-corrected chi connectivity index (χ1v) is 8.88. The minimum absolute atomic E-state index is 0.0496. The molecule has 0 spiro atoms. The summed E-state index contributed by atoms with van der Waals surface area (Å²) in [5.41, 5.74) is 1.42. The summed E-state index contributed by atoms with van der Waals surface area (Å²) in [4.78, 5) is 25.4. The topological polar surface area (TPSA) is 99.0 Å². The molecule has 1 N–H and O–H groups in total. The molecule has 8 nitrogen and oxygen atoms in total. The van der Waals surface area contributed by atoms with Crippen molar-refractivity contribution in [3.8, 4) is 11.4 Å². The summed E-state index contributed by atoms with van der Waals surface area (Å²) in [5.74, 6) is -0.424. The lowest BCUT2D eigenvalue weighted by atomic mass is 10.0. The molecule has 1 heterocycles. The third-order valence-corrected chi connectivity index (χ3v) is 4.33. The average Bonchev–Trinajstić information content (AvgIpc) is 3.16. The highest BCUT2D eigenvalue weighted by atomic mass is 35.5. The normalized spacial score (nSPS) is 11.6. The van der Waals surface area contributed by atoms with E-state index in [0.717, 1.165) is 5.56 Å². The molecule has 0 aliphatic carbocycles. The monoisotopic (exact) mass is 399 g/mol. The number of benzene rings is 2. The molecule has 0 radical (unpaired) electrons. The number of nitrogens with one attached hydrogen (secondary N) is 1. The van der Waals surface area contributed by atoms with Crippen molar-refractivity contribution in [3.63, 3.8) is 0 Å².